The van der Waals surface area contributed by atoms with Crippen LogP contribution in [0.4, 0.5) is 26.0 Å². The lowest BCUT2D eigenvalue weighted by Crippen LogP contribution is -2.50. The number of halogens is 1. The number of ether oxygens (including phenoxy) is 5. The largest absolute Gasteiger partial charge is 0.444 e. The van der Waals surface area contributed by atoms with Gasteiger partial charge in [0.2, 0.25) is 0 Å². The van der Waals surface area contributed by atoms with Crippen LogP contribution in [0.5, 0.6) is 0 Å². The van der Waals surface area contributed by atoms with Crippen LogP contribution < -0.4 is 15.3 Å². The lowest BCUT2D eigenvalue weighted by Gasteiger charge is -2.39. The molecule has 2 saturated heterocycles. The molecule has 19 heteroatoms. The summed E-state index contributed by atoms with van der Waals surface area (Å²) >= 11 is 4.05. The van der Waals surface area contributed by atoms with Crippen molar-refractivity contribution in [3.05, 3.63) is 34.7 Å². The summed E-state index contributed by atoms with van der Waals surface area (Å²) in [6, 6.07) is 5.48. The molecule has 1 N–H and O–H groups in total. The second kappa shape index (κ2) is 20.0. The van der Waals surface area contributed by atoms with Crippen molar-refractivity contribution < 1.29 is 38.1 Å². The Morgan fingerprint density at radius 2 is 1.34 bits per heavy atom. The fourth-order valence-corrected chi connectivity index (χ4v) is 9.92. The van der Waals surface area contributed by atoms with Gasteiger partial charge in [-0.05, 0) is 128 Å². The number of hydrazine groups is 1. The zero-order chi connectivity index (χ0) is 47.6. The average molecular weight is 990 g/mol. The molecular formula is C45H73BrN8O8Si2. The first-order valence-corrected chi connectivity index (χ1v) is 30.7. The molecule has 0 saturated carbocycles. The molecule has 0 radical (unpaired) electrons. The lowest BCUT2D eigenvalue weighted by molar-refractivity contribution is 0.00562. The Labute approximate surface area is 390 Å². The molecule has 0 aliphatic carbocycles. The summed E-state index contributed by atoms with van der Waals surface area (Å²) in [6.45, 7) is 31.9. The van der Waals surface area contributed by atoms with E-state index in [-0.39, 0.29) is 43.4 Å². The fourth-order valence-electron chi connectivity index (χ4n) is 7.57. The Balaban J connectivity index is 1.59. The summed E-state index contributed by atoms with van der Waals surface area (Å²) in [6.07, 6.45) is 4.67. The number of nitrogens with one attached hydrogen (secondary N) is 1. The zero-order valence-electron chi connectivity index (χ0n) is 40.9. The van der Waals surface area contributed by atoms with E-state index in [9.17, 15) is 14.4 Å². The average Bonchev–Trinajstić information content (AvgIpc) is 3.67. The molecule has 2 unspecified atom stereocenters. The second-order valence-corrected chi connectivity index (χ2v) is 34.5. The van der Waals surface area contributed by atoms with Gasteiger partial charge in [0.1, 0.15) is 30.3 Å². The van der Waals surface area contributed by atoms with Crippen LogP contribution >= 0.6 is 15.9 Å². The van der Waals surface area contributed by atoms with Gasteiger partial charge in [-0.3, -0.25) is 0 Å². The van der Waals surface area contributed by atoms with Gasteiger partial charge in [0.15, 0.2) is 17.3 Å². The quantitative estimate of drug-likeness (QED) is 0.0536. The van der Waals surface area contributed by atoms with Crippen molar-refractivity contribution in [3.63, 3.8) is 0 Å². The summed E-state index contributed by atoms with van der Waals surface area (Å²) in [5.74, 6) is 0.875. The Hall–Kier alpha value is -3.79. The predicted octanol–water partition coefficient (Wildman–Crippen LogP) is 10.8. The molecule has 3 aromatic rings. The van der Waals surface area contributed by atoms with E-state index in [1.165, 1.54) is 0 Å². The first-order valence-electron chi connectivity index (χ1n) is 22.5. The molecule has 0 spiro atoms. The Morgan fingerprint density at radius 3 is 1.83 bits per heavy atom. The summed E-state index contributed by atoms with van der Waals surface area (Å²) in [4.78, 5) is 53.9. The number of piperidine rings is 1. The van der Waals surface area contributed by atoms with E-state index in [4.69, 9.17) is 33.8 Å². The molecule has 3 aromatic heterocycles. The summed E-state index contributed by atoms with van der Waals surface area (Å²) < 4.78 is 32.4. The van der Waals surface area contributed by atoms with Crippen LogP contribution in [-0.4, -0.2) is 114 Å². The van der Waals surface area contributed by atoms with Crippen molar-refractivity contribution in [2.45, 2.75) is 174 Å². The highest BCUT2D eigenvalue weighted by Crippen LogP contribution is 2.47. The highest BCUT2D eigenvalue weighted by atomic mass is 79.9. The number of rotatable bonds is 14. The molecule has 3 amide bonds. The van der Waals surface area contributed by atoms with Crippen molar-refractivity contribution in [1.29, 1.82) is 0 Å². The van der Waals surface area contributed by atoms with Gasteiger partial charge in [-0.25, -0.2) is 29.8 Å². The minimum atomic E-state index is -1.37. The number of hydrogen-bond donors (Lipinski definition) is 1. The highest BCUT2D eigenvalue weighted by Gasteiger charge is 2.46. The summed E-state index contributed by atoms with van der Waals surface area (Å²) in [5, 5.41) is 5.87. The van der Waals surface area contributed by atoms with E-state index < -0.39 is 45.1 Å². The number of hydrogen-bond acceptors (Lipinski definition) is 12. The van der Waals surface area contributed by atoms with Crippen molar-refractivity contribution in [2.24, 2.45) is 0 Å². The Morgan fingerprint density at radius 1 is 0.797 bits per heavy atom. The summed E-state index contributed by atoms with van der Waals surface area (Å²) in [5.41, 5.74) is 3.08. The standard InChI is InChI=1S/C45H73BrN8O8Si2/c1-43(2,3)60-40(55)50-53(42(57)62-45(7,8)9)35-19-16-30(26-47-35)34-27-48-54-38(34)49-37(31-24-32-17-18-33(25-31)52(32)41(56)61-44(4,5)6)36(46)39(54)51(28-58-20-22-63(10,11)12)29-59-21-23-64(13,14)15/h16,19,26-27,31-33H,17-18,20-25,28-29H2,1-15H3,(H,50,55). The number of carbonyl (C=O) groups is 3. The Kier molecular flexibility index (Phi) is 16.0. The van der Waals surface area contributed by atoms with Gasteiger partial charge in [-0.2, -0.15) is 14.6 Å². The number of fused-ring (bicyclic) bond motifs is 3. The third-order valence-corrected chi connectivity index (χ3v) is 14.7. The number of aromatic nitrogens is 4. The monoisotopic (exact) mass is 988 g/mol. The second-order valence-electron chi connectivity index (χ2n) is 22.4. The van der Waals surface area contributed by atoms with E-state index >= 15 is 0 Å². The first-order chi connectivity index (χ1) is 29.5. The molecule has 356 valence electrons. The Bertz CT molecular complexity index is 2070. The SMILES string of the molecule is CC(C)(C)OC(=O)NN(C(=O)OC(C)(C)C)c1ccc(-c2cnn3c(N(COCC[Si](C)(C)C)COCC[Si](C)(C)C)c(Br)c(C4CC5CCC(C4)N5C(=O)OC(C)(C)C)nc23)cn1. The molecule has 5 heterocycles. The third-order valence-electron chi connectivity index (χ3n) is 10.6. The van der Waals surface area contributed by atoms with Gasteiger partial charge in [0.25, 0.3) is 0 Å². The first kappa shape index (κ1) is 51.2. The molecule has 64 heavy (non-hydrogen) atoms. The van der Waals surface area contributed by atoms with Crippen molar-refractivity contribution in [1.82, 2.24) is 29.9 Å². The van der Waals surface area contributed by atoms with Crippen molar-refractivity contribution in [3.8, 4) is 11.1 Å². The predicted molar refractivity (Wildman–Crippen MR) is 259 cm³/mol. The van der Waals surface area contributed by atoms with Crippen LogP contribution in [0.3, 0.4) is 0 Å². The maximum atomic E-state index is 13.5. The fraction of sp³-hybridized carbons (Fsp3) is 0.689. The van der Waals surface area contributed by atoms with Gasteiger partial charge in [0.05, 0.1) is 16.4 Å². The molecule has 5 rings (SSSR count). The van der Waals surface area contributed by atoms with Crippen LogP contribution in [0.25, 0.3) is 16.8 Å². The van der Waals surface area contributed by atoms with Crippen molar-refractivity contribution >= 4 is 67.6 Å². The molecule has 2 aliphatic rings. The van der Waals surface area contributed by atoms with Crippen molar-refractivity contribution in [2.75, 3.05) is 36.6 Å². The van der Waals surface area contributed by atoms with Crippen LogP contribution in [0.2, 0.25) is 51.4 Å². The van der Waals surface area contributed by atoms with Gasteiger partial charge < -0.3 is 33.5 Å². The van der Waals surface area contributed by atoms with Gasteiger partial charge in [-0.15, -0.1) is 0 Å². The minimum absolute atomic E-state index is 0.0150. The van der Waals surface area contributed by atoms with E-state index in [1.54, 1.807) is 66.1 Å². The van der Waals surface area contributed by atoms with Crippen LogP contribution in [0, 0.1) is 0 Å². The maximum Gasteiger partial charge on any atom is 0.435 e. The van der Waals surface area contributed by atoms with E-state index in [1.807, 2.05) is 30.2 Å². The molecule has 2 fully saturated rings. The van der Waals surface area contributed by atoms with E-state index in [2.05, 4.69) is 70.5 Å². The number of amides is 3. The van der Waals surface area contributed by atoms with Crippen LogP contribution in [0.15, 0.2) is 29.0 Å². The van der Waals surface area contributed by atoms with E-state index in [0.717, 1.165) is 58.8 Å². The smallest absolute Gasteiger partial charge is 0.435 e. The van der Waals surface area contributed by atoms with Crippen LogP contribution in [0.1, 0.15) is 99.6 Å². The van der Waals surface area contributed by atoms with E-state index in [0.29, 0.717) is 30.0 Å². The van der Waals surface area contributed by atoms with Gasteiger partial charge in [0, 0.05) is 64.7 Å². The maximum absolute atomic E-state index is 13.5. The highest BCUT2D eigenvalue weighted by molar-refractivity contribution is 9.10. The molecule has 2 aliphatic heterocycles. The summed E-state index contributed by atoms with van der Waals surface area (Å²) in [7, 11) is -2.73. The molecular weight excluding hydrogens is 917 g/mol. The minimum Gasteiger partial charge on any atom is -0.444 e. The molecule has 2 bridgehead atoms. The molecule has 0 aromatic carbocycles. The van der Waals surface area contributed by atoms with Gasteiger partial charge in [-0.1, -0.05) is 39.3 Å². The van der Waals surface area contributed by atoms with Gasteiger partial charge >= 0.3 is 18.3 Å². The normalized spacial score (nSPS) is 18.2. The molecule has 16 nitrogen and oxygen atoms in total. The number of anilines is 2. The molecule has 2 atom stereocenters. The number of pyridine rings is 1. The van der Waals surface area contributed by atoms with Crippen LogP contribution in [-0.2, 0) is 23.7 Å². The lowest BCUT2D eigenvalue weighted by atomic mass is 9.88. The topological polar surface area (TPSA) is 162 Å². The number of nitrogens with zero attached hydrogens (tertiary/aromatic N) is 7. The third kappa shape index (κ3) is 14.4. The zero-order valence-corrected chi connectivity index (χ0v) is 44.5. The number of carbonyl (C=O) groups excluding carboxylic acids is 3.